The first kappa shape index (κ1) is 14.2. The summed E-state index contributed by atoms with van der Waals surface area (Å²) < 4.78 is 1.30. The predicted molar refractivity (Wildman–Crippen MR) is 71.2 cm³/mol. The number of hydrogen-bond acceptors (Lipinski definition) is 2. The zero-order valence-electron chi connectivity index (χ0n) is 11.0. The van der Waals surface area contributed by atoms with Gasteiger partial charge >= 0.3 is 106 Å². The van der Waals surface area contributed by atoms with Gasteiger partial charge in [0.15, 0.2) is 0 Å². The molecule has 1 heterocycles. The number of aliphatic imine (C=N–C) groups is 1. The van der Waals surface area contributed by atoms with Crippen LogP contribution in [0.2, 0.25) is 4.82 Å². The van der Waals surface area contributed by atoms with E-state index in [0.717, 1.165) is 12.8 Å². The SMILES string of the molecule is CCCCCC1=NC(C)(O)CC(C(C)C)[Se]1. The zero-order valence-corrected chi connectivity index (χ0v) is 12.7. The molecule has 0 radical (unpaired) electrons. The molecular weight excluding hydrogens is 265 g/mol. The Balaban J connectivity index is 2.57. The summed E-state index contributed by atoms with van der Waals surface area (Å²) in [6.45, 7) is 8.60. The first-order chi connectivity index (χ1) is 7.44. The molecule has 94 valence electrons. The van der Waals surface area contributed by atoms with Crippen LogP contribution in [0.25, 0.3) is 0 Å². The van der Waals surface area contributed by atoms with Crippen LogP contribution in [0.1, 0.15) is 59.8 Å². The van der Waals surface area contributed by atoms with E-state index in [4.69, 9.17) is 0 Å². The third-order valence-corrected chi connectivity index (χ3v) is 6.30. The van der Waals surface area contributed by atoms with Gasteiger partial charge in [0.2, 0.25) is 0 Å². The van der Waals surface area contributed by atoms with Crippen molar-refractivity contribution in [1.29, 1.82) is 0 Å². The van der Waals surface area contributed by atoms with Gasteiger partial charge in [0.05, 0.1) is 0 Å². The van der Waals surface area contributed by atoms with Gasteiger partial charge in [-0.25, -0.2) is 0 Å². The van der Waals surface area contributed by atoms with E-state index in [0.29, 0.717) is 25.7 Å². The van der Waals surface area contributed by atoms with Gasteiger partial charge in [0.25, 0.3) is 0 Å². The summed E-state index contributed by atoms with van der Waals surface area (Å²) in [5.41, 5.74) is -0.795. The summed E-state index contributed by atoms with van der Waals surface area (Å²) in [4.78, 5) is 5.18. The number of rotatable bonds is 5. The van der Waals surface area contributed by atoms with Gasteiger partial charge in [-0.3, -0.25) is 0 Å². The van der Waals surface area contributed by atoms with Gasteiger partial charge in [-0.05, 0) is 0 Å². The molecule has 0 aromatic carbocycles. The average Bonchev–Trinajstić information content (AvgIpc) is 2.15. The van der Waals surface area contributed by atoms with Crippen LogP contribution < -0.4 is 0 Å². The minimum atomic E-state index is -0.795. The van der Waals surface area contributed by atoms with Crippen molar-refractivity contribution in [3.05, 3.63) is 0 Å². The number of hydrogen-bond donors (Lipinski definition) is 1. The van der Waals surface area contributed by atoms with Gasteiger partial charge in [-0.2, -0.15) is 0 Å². The molecule has 0 spiro atoms. The molecule has 0 fully saturated rings. The molecule has 16 heavy (non-hydrogen) atoms. The Morgan fingerprint density at radius 1 is 1.50 bits per heavy atom. The summed E-state index contributed by atoms with van der Waals surface area (Å²) >= 11 is 0.504. The molecule has 1 aliphatic heterocycles. The van der Waals surface area contributed by atoms with Gasteiger partial charge < -0.3 is 0 Å². The third-order valence-electron chi connectivity index (χ3n) is 2.98. The van der Waals surface area contributed by atoms with Crippen molar-refractivity contribution < 1.29 is 5.11 Å². The maximum absolute atomic E-state index is 10.1. The molecular formula is C13H25NOSe. The van der Waals surface area contributed by atoms with E-state index in [9.17, 15) is 5.11 Å². The van der Waals surface area contributed by atoms with E-state index < -0.39 is 5.72 Å². The van der Waals surface area contributed by atoms with Crippen LogP contribution in [-0.2, 0) is 0 Å². The second kappa shape index (κ2) is 6.18. The first-order valence-electron chi connectivity index (χ1n) is 6.42. The summed E-state index contributed by atoms with van der Waals surface area (Å²) in [5.74, 6) is 0.670. The van der Waals surface area contributed by atoms with Crippen LogP contribution in [0.3, 0.4) is 0 Å². The Labute approximate surface area is 106 Å². The van der Waals surface area contributed by atoms with Crippen LogP contribution in [0.15, 0.2) is 4.99 Å². The molecule has 2 atom stereocenters. The van der Waals surface area contributed by atoms with Gasteiger partial charge in [-0.1, -0.05) is 0 Å². The van der Waals surface area contributed by atoms with Crippen molar-refractivity contribution in [2.75, 3.05) is 0 Å². The summed E-state index contributed by atoms with van der Waals surface area (Å²) in [5, 5.41) is 10.1. The van der Waals surface area contributed by atoms with Crippen molar-refractivity contribution in [2.24, 2.45) is 10.9 Å². The van der Waals surface area contributed by atoms with Gasteiger partial charge in [-0.15, -0.1) is 0 Å². The molecule has 1 N–H and O–H groups in total. The summed E-state index contributed by atoms with van der Waals surface area (Å²) in [7, 11) is 0. The molecule has 0 saturated carbocycles. The number of aliphatic hydroxyl groups is 1. The molecule has 0 saturated heterocycles. The Hall–Kier alpha value is 0.149. The molecule has 0 bridgehead atoms. The molecule has 2 unspecified atom stereocenters. The average molecular weight is 290 g/mol. The van der Waals surface area contributed by atoms with Crippen molar-refractivity contribution in [1.82, 2.24) is 0 Å². The fourth-order valence-electron chi connectivity index (χ4n) is 1.95. The zero-order chi connectivity index (χ0) is 12.2. The summed E-state index contributed by atoms with van der Waals surface area (Å²) in [6, 6.07) is 0. The summed E-state index contributed by atoms with van der Waals surface area (Å²) in [6.07, 6.45) is 5.72. The van der Waals surface area contributed by atoms with Crippen LogP contribution in [-0.4, -0.2) is 30.4 Å². The maximum atomic E-state index is 10.1. The Morgan fingerprint density at radius 3 is 2.75 bits per heavy atom. The molecule has 0 amide bonds. The van der Waals surface area contributed by atoms with E-state index in [2.05, 4.69) is 25.8 Å². The van der Waals surface area contributed by atoms with Crippen molar-refractivity contribution in [3.63, 3.8) is 0 Å². The molecule has 3 heteroatoms. The quantitative estimate of drug-likeness (QED) is 0.612. The number of unbranched alkanes of at least 4 members (excludes halogenated alkanes) is 2. The van der Waals surface area contributed by atoms with Crippen molar-refractivity contribution in [3.8, 4) is 0 Å². The predicted octanol–water partition coefficient (Wildman–Crippen LogP) is 3.23. The molecule has 2 nitrogen and oxygen atoms in total. The fraction of sp³-hybridized carbons (Fsp3) is 0.923. The van der Waals surface area contributed by atoms with Gasteiger partial charge in [0.1, 0.15) is 0 Å². The van der Waals surface area contributed by atoms with E-state index >= 15 is 0 Å². The van der Waals surface area contributed by atoms with E-state index in [1.54, 1.807) is 0 Å². The monoisotopic (exact) mass is 291 g/mol. The van der Waals surface area contributed by atoms with Crippen LogP contribution in [0, 0.1) is 5.92 Å². The molecule has 0 aliphatic carbocycles. The van der Waals surface area contributed by atoms with Gasteiger partial charge in [0, 0.05) is 0 Å². The second-order valence-electron chi connectivity index (χ2n) is 5.28. The second-order valence-corrected chi connectivity index (χ2v) is 8.04. The third kappa shape index (κ3) is 4.57. The molecule has 1 rings (SSSR count). The standard InChI is InChI=1S/C13H25NOSe/c1-5-6-7-8-12-14-13(4,15)9-11(16-12)10(2)3/h10-11,15H,5-9H2,1-4H3. The Morgan fingerprint density at radius 2 is 2.19 bits per heavy atom. The normalized spacial score (nSPS) is 30.6. The minimum absolute atomic E-state index is 0.504. The fourth-order valence-corrected chi connectivity index (χ4v) is 5.17. The van der Waals surface area contributed by atoms with E-state index in [1.165, 1.54) is 23.9 Å². The first-order valence-corrected chi connectivity index (χ1v) is 8.27. The Kier molecular flexibility index (Phi) is 5.49. The molecule has 1 aliphatic rings. The van der Waals surface area contributed by atoms with E-state index in [-0.39, 0.29) is 0 Å². The van der Waals surface area contributed by atoms with Crippen LogP contribution >= 0.6 is 0 Å². The van der Waals surface area contributed by atoms with Crippen LogP contribution in [0.5, 0.6) is 0 Å². The Bertz CT molecular complexity index is 248. The molecule has 0 aromatic heterocycles. The van der Waals surface area contributed by atoms with Crippen LogP contribution in [0.4, 0.5) is 0 Å². The van der Waals surface area contributed by atoms with E-state index in [1.807, 2.05) is 6.92 Å². The van der Waals surface area contributed by atoms with Crippen molar-refractivity contribution >= 4 is 19.6 Å². The molecule has 0 aromatic rings. The number of nitrogens with zero attached hydrogens (tertiary/aromatic N) is 1. The van der Waals surface area contributed by atoms with Crippen molar-refractivity contribution in [2.45, 2.75) is 70.3 Å². The topological polar surface area (TPSA) is 32.6 Å².